The van der Waals surface area contributed by atoms with E-state index < -0.39 is 36.8 Å². The maximum absolute atomic E-state index is 11.6. The normalized spacial score (nSPS) is 31.6. The molecule has 0 radical (unpaired) electrons. The summed E-state index contributed by atoms with van der Waals surface area (Å²) in [6, 6.07) is 1.30. The summed E-state index contributed by atoms with van der Waals surface area (Å²) in [7, 11) is 0. The van der Waals surface area contributed by atoms with E-state index in [2.05, 4.69) is 9.82 Å². The molecule has 0 aromatic carbocycles. The van der Waals surface area contributed by atoms with Crippen molar-refractivity contribution in [3.05, 3.63) is 22.7 Å². The van der Waals surface area contributed by atoms with Crippen molar-refractivity contribution in [2.45, 2.75) is 24.5 Å². The lowest BCUT2D eigenvalue weighted by molar-refractivity contribution is -0.0551. The zero-order valence-electron chi connectivity index (χ0n) is 9.21. The topological polar surface area (TPSA) is 140 Å². The van der Waals surface area contributed by atoms with Crippen LogP contribution in [0.1, 0.15) is 6.23 Å². The average molecular weight is 259 g/mol. The van der Waals surface area contributed by atoms with Crippen molar-refractivity contribution >= 4 is 0 Å². The van der Waals surface area contributed by atoms with Crippen LogP contribution in [0.3, 0.4) is 0 Å². The second-order valence-corrected chi connectivity index (χ2v) is 3.80. The van der Waals surface area contributed by atoms with E-state index in [0.717, 1.165) is 4.57 Å². The molecule has 0 unspecified atom stereocenters. The summed E-state index contributed by atoms with van der Waals surface area (Å²) in [6.45, 7) is -0.471. The largest absolute Gasteiger partial charge is 0.394 e. The number of ether oxygens (including phenoxy) is 1. The van der Waals surface area contributed by atoms with Crippen LogP contribution in [0.25, 0.3) is 0 Å². The Morgan fingerprint density at radius 3 is 2.72 bits per heavy atom. The zero-order valence-corrected chi connectivity index (χ0v) is 9.21. The van der Waals surface area contributed by atoms with Gasteiger partial charge in [0.15, 0.2) is 6.23 Å². The van der Waals surface area contributed by atoms with Crippen LogP contribution in [-0.4, -0.2) is 49.8 Å². The van der Waals surface area contributed by atoms with Gasteiger partial charge in [0.1, 0.15) is 18.3 Å². The molecule has 0 aliphatic carbocycles. The van der Waals surface area contributed by atoms with E-state index in [0.29, 0.717) is 0 Å². The van der Waals surface area contributed by atoms with E-state index >= 15 is 0 Å². The van der Waals surface area contributed by atoms with Gasteiger partial charge in [-0.05, 0) is 0 Å². The highest BCUT2D eigenvalue weighted by molar-refractivity contribution is 5.06. The monoisotopic (exact) mass is 259 g/mol. The number of hydrogen-bond donors (Lipinski definition) is 4. The summed E-state index contributed by atoms with van der Waals surface area (Å²) in [6.07, 6.45) is -3.44. The molecular formula is C9H13N3O6. The van der Waals surface area contributed by atoms with Crippen LogP contribution >= 0.6 is 0 Å². The summed E-state index contributed by atoms with van der Waals surface area (Å²) < 4.78 is 6.15. The fourth-order valence-corrected chi connectivity index (χ4v) is 1.77. The van der Waals surface area contributed by atoms with Crippen molar-refractivity contribution in [2.24, 2.45) is 5.90 Å². The molecule has 1 saturated heterocycles. The Balaban J connectivity index is 2.30. The van der Waals surface area contributed by atoms with Gasteiger partial charge in [-0.1, -0.05) is 0 Å². The molecule has 9 heteroatoms. The third-order valence-corrected chi connectivity index (χ3v) is 2.72. The highest BCUT2D eigenvalue weighted by atomic mass is 16.6. The lowest BCUT2D eigenvalue weighted by Gasteiger charge is -2.16. The minimum absolute atomic E-state index is 0.0806. The number of hydrogen-bond acceptors (Lipinski definition) is 8. The molecule has 1 aromatic heterocycles. The number of nitrogens with zero attached hydrogens (tertiary/aromatic N) is 2. The molecule has 0 amide bonds. The molecule has 5 N–H and O–H groups in total. The number of nitrogens with two attached hydrogens (primary N) is 1. The van der Waals surface area contributed by atoms with E-state index in [-0.39, 0.29) is 5.88 Å². The standard InChI is InChI=1S/C9H13N3O6/c10-18-5-1-2-12(9(16)11-5)8-7(15)6(14)4(3-13)17-8/h1-2,4,6-8,13-15H,3,10H2/t4-,6-,7-,8-/m1/s1. The number of rotatable bonds is 3. The van der Waals surface area contributed by atoms with Gasteiger partial charge in [0.2, 0.25) is 5.88 Å². The molecule has 1 aliphatic heterocycles. The van der Waals surface area contributed by atoms with Crippen LogP contribution in [0.4, 0.5) is 0 Å². The van der Waals surface area contributed by atoms with E-state index in [4.69, 9.17) is 15.7 Å². The van der Waals surface area contributed by atoms with Crippen LogP contribution in [0, 0.1) is 0 Å². The number of aromatic nitrogens is 2. The Labute approximate surface area is 101 Å². The maximum Gasteiger partial charge on any atom is 0.353 e. The maximum atomic E-state index is 11.6. The first-order valence-electron chi connectivity index (χ1n) is 5.17. The Morgan fingerprint density at radius 1 is 1.50 bits per heavy atom. The van der Waals surface area contributed by atoms with Gasteiger partial charge in [0, 0.05) is 12.3 Å². The first-order valence-corrected chi connectivity index (χ1v) is 5.17. The van der Waals surface area contributed by atoms with E-state index in [9.17, 15) is 15.0 Å². The van der Waals surface area contributed by atoms with Gasteiger partial charge in [-0.15, -0.1) is 0 Å². The SMILES string of the molecule is NOc1ccn([C@@H]2O[C@H](CO)[C@@H](O)[C@H]2O)c(=O)n1. The molecule has 0 bridgehead atoms. The van der Waals surface area contributed by atoms with Crippen molar-refractivity contribution in [3.8, 4) is 5.88 Å². The minimum Gasteiger partial charge on any atom is -0.394 e. The van der Waals surface area contributed by atoms with Crippen molar-refractivity contribution in [1.29, 1.82) is 0 Å². The Kier molecular flexibility index (Phi) is 3.59. The smallest absolute Gasteiger partial charge is 0.353 e. The fourth-order valence-electron chi connectivity index (χ4n) is 1.77. The zero-order chi connectivity index (χ0) is 13.3. The number of aliphatic hydroxyl groups is 3. The van der Waals surface area contributed by atoms with Crippen LogP contribution in [0.15, 0.2) is 17.1 Å². The molecule has 1 aliphatic rings. The molecule has 2 rings (SSSR count). The molecule has 1 fully saturated rings. The van der Waals surface area contributed by atoms with Gasteiger partial charge in [0.25, 0.3) is 0 Å². The van der Waals surface area contributed by atoms with Gasteiger partial charge < -0.3 is 24.9 Å². The molecular weight excluding hydrogens is 246 g/mol. The van der Waals surface area contributed by atoms with E-state index in [1.54, 1.807) is 0 Å². The van der Waals surface area contributed by atoms with Crippen LogP contribution in [0.5, 0.6) is 5.88 Å². The lowest BCUT2D eigenvalue weighted by Crippen LogP contribution is -2.36. The third-order valence-electron chi connectivity index (χ3n) is 2.72. The molecule has 4 atom stereocenters. The molecule has 2 heterocycles. The highest BCUT2D eigenvalue weighted by Crippen LogP contribution is 2.28. The van der Waals surface area contributed by atoms with Crippen LogP contribution < -0.4 is 16.4 Å². The van der Waals surface area contributed by atoms with Crippen LogP contribution in [0.2, 0.25) is 0 Å². The van der Waals surface area contributed by atoms with Gasteiger partial charge in [-0.25, -0.2) is 4.79 Å². The fraction of sp³-hybridized carbons (Fsp3) is 0.556. The average Bonchev–Trinajstić information content (AvgIpc) is 2.66. The summed E-state index contributed by atoms with van der Waals surface area (Å²) >= 11 is 0. The quantitative estimate of drug-likeness (QED) is 0.424. The van der Waals surface area contributed by atoms with E-state index in [1.165, 1.54) is 12.3 Å². The molecule has 0 saturated carbocycles. The predicted octanol–water partition coefficient (Wildman–Crippen LogP) is -2.89. The lowest BCUT2D eigenvalue weighted by atomic mass is 10.1. The van der Waals surface area contributed by atoms with Crippen molar-refractivity contribution in [3.63, 3.8) is 0 Å². The number of aliphatic hydroxyl groups excluding tert-OH is 3. The Morgan fingerprint density at radius 2 is 2.22 bits per heavy atom. The Hall–Kier alpha value is -1.52. The molecule has 9 nitrogen and oxygen atoms in total. The van der Waals surface area contributed by atoms with Gasteiger partial charge >= 0.3 is 5.69 Å². The first kappa shape index (κ1) is 12.9. The first-order chi connectivity index (χ1) is 8.58. The van der Waals surface area contributed by atoms with Gasteiger partial charge in [-0.3, -0.25) is 4.57 Å². The summed E-state index contributed by atoms with van der Waals surface area (Å²) in [5, 5.41) is 28.2. The van der Waals surface area contributed by atoms with Gasteiger partial charge in [-0.2, -0.15) is 10.9 Å². The highest BCUT2D eigenvalue weighted by Gasteiger charge is 2.43. The minimum atomic E-state index is -1.34. The van der Waals surface area contributed by atoms with Crippen molar-refractivity contribution < 1.29 is 24.9 Å². The van der Waals surface area contributed by atoms with E-state index in [1.807, 2.05) is 0 Å². The Bertz CT molecular complexity index is 478. The summed E-state index contributed by atoms with van der Waals surface area (Å²) in [4.78, 5) is 19.4. The second-order valence-electron chi connectivity index (χ2n) is 3.80. The second kappa shape index (κ2) is 5.00. The van der Waals surface area contributed by atoms with Crippen LogP contribution in [-0.2, 0) is 4.74 Å². The van der Waals surface area contributed by atoms with Gasteiger partial charge in [0.05, 0.1) is 6.61 Å². The summed E-state index contributed by atoms with van der Waals surface area (Å²) in [5.41, 5.74) is -0.757. The van der Waals surface area contributed by atoms with Crippen molar-refractivity contribution in [1.82, 2.24) is 9.55 Å². The molecule has 0 spiro atoms. The summed E-state index contributed by atoms with van der Waals surface area (Å²) in [5.74, 6) is 4.77. The predicted molar refractivity (Wildman–Crippen MR) is 56.3 cm³/mol. The molecule has 1 aromatic rings. The molecule has 18 heavy (non-hydrogen) atoms. The van der Waals surface area contributed by atoms with Crippen molar-refractivity contribution in [2.75, 3.05) is 6.61 Å². The molecule has 100 valence electrons. The third kappa shape index (κ3) is 2.09.